The van der Waals surface area contributed by atoms with Gasteiger partial charge in [0.25, 0.3) is 5.91 Å². The minimum atomic E-state index is -0.479. The Morgan fingerprint density at radius 3 is 2.59 bits per heavy atom. The van der Waals surface area contributed by atoms with Crippen LogP contribution < -0.4 is 14.9 Å². The Hall–Kier alpha value is -3.97. The van der Waals surface area contributed by atoms with E-state index in [2.05, 4.69) is 26.5 Å². The molecule has 0 radical (unpaired) electrons. The van der Waals surface area contributed by atoms with Gasteiger partial charge in [-0.3, -0.25) is 4.79 Å². The van der Waals surface area contributed by atoms with Crippen molar-refractivity contribution in [1.29, 1.82) is 0 Å². The highest BCUT2D eigenvalue weighted by Crippen LogP contribution is 2.25. The number of nitrogens with zero attached hydrogens (tertiary/aromatic N) is 1. The molecule has 0 aromatic heterocycles. The molecule has 0 atom stereocenters. The number of fused-ring (bicyclic) bond motifs is 1. The molecule has 0 unspecified atom stereocenters. The van der Waals surface area contributed by atoms with Crippen molar-refractivity contribution in [2.24, 2.45) is 5.10 Å². The van der Waals surface area contributed by atoms with E-state index in [9.17, 15) is 9.59 Å². The molecule has 0 aliphatic rings. The number of esters is 1. The maximum atomic E-state index is 12.5. The first-order valence-electron chi connectivity index (χ1n) is 10.5. The Morgan fingerprint density at radius 2 is 1.74 bits per heavy atom. The maximum absolute atomic E-state index is 12.5. The molecule has 4 rings (SSSR count). The molecule has 4 aromatic rings. The zero-order valence-corrected chi connectivity index (χ0v) is 19.9. The highest BCUT2D eigenvalue weighted by Gasteiger charge is 2.12. The van der Waals surface area contributed by atoms with E-state index in [0.717, 1.165) is 20.8 Å². The zero-order chi connectivity index (χ0) is 23.9. The molecule has 6 nitrogen and oxygen atoms in total. The maximum Gasteiger partial charge on any atom is 0.343 e. The van der Waals surface area contributed by atoms with E-state index in [4.69, 9.17) is 9.47 Å². The number of hydrazone groups is 1. The van der Waals surface area contributed by atoms with Gasteiger partial charge in [-0.1, -0.05) is 70.0 Å². The van der Waals surface area contributed by atoms with E-state index in [1.807, 2.05) is 55.5 Å². The topological polar surface area (TPSA) is 77.0 Å². The van der Waals surface area contributed by atoms with Gasteiger partial charge < -0.3 is 9.47 Å². The van der Waals surface area contributed by atoms with E-state index in [0.29, 0.717) is 22.6 Å². The summed E-state index contributed by atoms with van der Waals surface area (Å²) in [5.41, 5.74) is 4.37. The second-order valence-corrected chi connectivity index (χ2v) is 8.42. The lowest BCUT2D eigenvalue weighted by atomic mass is 10.1. The van der Waals surface area contributed by atoms with Crippen LogP contribution in [-0.2, 0) is 4.79 Å². The van der Waals surface area contributed by atoms with Crippen molar-refractivity contribution in [3.8, 4) is 11.5 Å². The Morgan fingerprint density at radius 1 is 0.941 bits per heavy atom. The van der Waals surface area contributed by atoms with Crippen molar-refractivity contribution in [3.05, 3.63) is 106 Å². The number of nitrogens with one attached hydrogen (secondary N) is 1. The molecule has 0 saturated heterocycles. The molecule has 0 saturated carbocycles. The summed E-state index contributed by atoms with van der Waals surface area (Å²) in [7, 11) is 0. The number of rotatable bonds is 7. The Bertz CT molecular complexity index is 1380. The summed E-state index contributed by atoms with van der Waals surface area (Å²) < 4.78 is 12.0. The third-order valence-corrected chi connectivity index (χ3v) is 5.42. The van der Waals surface area contributed by atoms with Gasteiger partial charge in [0.05, 0.1) is 11.8 Å². The molecule has 0 heterocycles. The highest BCUT2D eigenvalue weighted by atomic mass is 79.9. The van der Waals surface area contributed by atoms with E-state index >= 15 is 0 Å². The van der Waals surface area contributed by atoms with Gasteiger partial charge >= 0.3 is 5.97 Å². The number of benzene rings is 4. The van der Waals surface area contributed by atoms with Crippen LogP contribution in [0, 0.1) is 6.92 Å². The predicted molar refractivity (Wildman–Crippen MR) is 135 cm³/mol. The summed E-state index contributed by atoms with van der Waals surface area (Å²) in [4.78, 5) is 24.8. The van der Waals surface area contributed by atoms with Crippen LogP contribution in [0.2, 0.25) is 0 Å². The highest BCUT2D eigenvalue weighted by molar-refractivity contribution is 9.10. The van der Waals surface area contributed by atoms with Gasteiger partial charge in [0, 0.05) is 15.4 Å². The van der Waals surface area contributed by atoms with E-state index < -0.39 is 11.9 Å². The summed E-state index contributed by atoms with van der Waals surface area (Å²) in [6, 6.07) is 25.8. The van der Waals surface area contributed by atoms with E-state index in [1.165, 1.54) is 6.21 Å². The van der Waals surface area contributed by atoms with Crippen LogP contribution in [-0.4, -0.2) is 24.7 Å². The summed E-state index contributed by atoms with van der Waals surface area (Å²) >= 11 is 3.40. The van der Waals surface area contributed by atoms with Crippen molar-refractivity contribution < 1.29 is 19.1 Å². The molecular formula is C27H21BrN2O4. The van der Waals surface area contributed by atoms with Crippen molar-refractivity contribution >= 4 is 44.8 Å². The number of hydrogen-bond donors (Lipinski definition) is 1. The van der Waals surface area contributed by atoms with Gasteiger partial charge in [-0.25, -0.2) is 10.2 Å². The molecule has 0 spiro atoms. The molecule has 0 aliphatic carbocycles. The van der Waals surface area contributed by atoms with Crippen LogP contribution in [0.25, 0.3) is 10.8 Å². The minimum Gasteiger partial charge on any atom is -0.483 e. The van der Waals surface area contributed by atoms with Crippen LogP contribution in [0.4, 0.5) is 0 Å². The molecular weight excluding hydrogens is 496 g/mol. The number of carbonyl (C=O) groups excluding carboxylic acids is 2. The number of amides is 1. The number of halogens is 1. The monoisotopic (exact) mass is 516 g/mol. The van der Waals surface area contributed by atoms with E-state index in [-0.39, 0.29) is 6.61 Å². The second-order valence-electron chi connectivity index (χ2n) is 7.50. The number of aryl methyl sites for hydroxylation is 1. The first kappa shape index (κ1) is 23.2. The quantitative estimate of drug-likeness (QED) is 0.149. The van der Waals surface area contributed by atoms with Crippen molar-refractivity contribution in [1.82, 2.24) is 5.43 Å². The summed E-state index contributed by atoms with van der Waals surface area (Å²) in [5, 5.41) is 5.95. The molecule has 170 valence electrons. The van der Waals surface area contributed by atoms with Gasteiger partial charge in [-0.15, -0.1) is 0 Å². The minimum absolute atomic E-state index is 0.195. The van der Waals surface area contributed by atoms with Crippen LogP contribution >= 0.6 is 15.9 Å². The van der Waals surface area contributed by atoms with Crippen LogP contribution in [0.3, 0.4) is 0 Å². The van der Waals surface area contributed by atoms with Crippen LogP contribution in [0.1, 0.15) is 21.5 Å². The lowest BCUT2D eigenvalue weighted by Gasteiger charge is -2.09. The first-order chi connectivity index (χ1) is 16.5. The van der Waals surface area contributed by atoms with Gasteiger partial charge in [-0.05, 0) is 48.7 Å². The predicted octanol–water partition coefficient (Wildman–Crippen LogP) is 5.66. The molecule has 1 amide bonds. The molecule has 1 N–H and O–H groups in total. The Labute approximate surface area is 205 Å². The molecule has 0 bridgehead atoms. The van der Waals surface area contributed by atoms with E-state index in [1.54, 1.807) is 36.4 Å². The first-order valence-corrected chi connectivity index (χ1v) is 11.3. The summed E-state index contributed by atoms with van der Waals surface area (Å²) in [5.74, 6) is 0.0416. The fourth-order valence-corrected chi connectivity index (χ4v) is 3.69. The SMILES string of the molecule is Cc1cccc(C(=O)Oc2ccc(Br)cc2/C=N\NC(=O)COc2cccc3ccccc23)c1. The van der Waals surface area contributed by atoms with Gasteiger partial charge in [0.1, 0.15) is 11.5 Å². The third kappa shape index (κ3) is 5.88. The standard InChI is InChI=1S/C27H21BrN2O4/c1-18-6-4-9-20(14-18)27(32)34-24-13-12-22(28)15-21(24)16-29-30-26(31)17-33-25-11-5-8-19-7-2-3-10-23(19)25/h2-16H,17H2,1H3,(H,30,31)/b29-16-. The van der Waals surface area contributed by atoms with Gasteiger partial charge in [0.15, 0.2) is 6.61 Å². The van der Waals surface area contributed by atoms with Crippen molar-refractivity contribution in [3.63, 3.8) is 0 Å². The second kappa shape index (κ2) is 10.8. The number of carbonyl (C=O) groups is 2. The molecule has 4 aromatic carbocycles. The summed E-state index contributed by atoms with van der Waals surface area (Å²) in [6.07, 6.45) is 1.42. The van der Waals surface area contributed by atoms with Crippen LogP contribution in [0.5, 0.6) is 11.5 Å². The fraction of sp³-hybridized carbons (Fsp3) is 0.0741. The average Bonchev–Trinajstić information content (AvgIpc) is 2.84. The number of ether oxygens (including phenoxy) is 2. The summed E-state index contributed by atoms with van der Waals surface area (Å²) in [6.45, 7) is 1.71. The number of hydrogen-bond acceptors (Lipinski definition) is 5. The van der Waals surface area contributed by atoms with Crippen molar-refractivity contribution in [2.75, 3.05) is 6.61 Å². The normalized spacial score (nSPS) is 10.9. The smallest absolute Gasteiger partial charge is 0.343 e. The van der Waals surface area contributed by atoms with Crippen molar-refractivity contribution in [2.45, 2.75) is 6.92 Å². The Balaban J connectivity index is 1.39. The van der Waals surface area contributed by atoms with Gasteiger partial charge in [0.2, 0.25) is 0 Å². The largest absolute Gasteiger partial charge is 0.483 e. The lowest BCUT2D eigenvalue weighted by Crippen LogP contribution is -2.24. The molecule has 7 heteroatoms. The average molecular weight is 517 g/mol. The fourth-order valence-electron chi connectivity index (χ4n) is 3.31. The molecule has 34 heavy (non-hydrogen) atoms. The molecule has 0 fully saturated rings. The van der Waals surface area contributed by atoms with Crippen LogP contribution in [0.15, 0.2) is 94.5 Å². The third-order valence-electron chi connectivity index (χ3n) is 4.93. The zero-order valence-electron chi connectivity index (χ0n) is 18.3. The molecule has 0 aliphatic heterocycles. The van der Waals surface area contributed by atoms with Gasteiger partial charge in [-0.2, -0.15) is 5.10 Å². The Kier molecular flexibility index (Phi) is 7.34. The lowest BCUT2D eigenvalue weighted by molar-refractivity contribution is -0.123.